The molecule has 6 N–H and O–H groups in total. The second-order valence-electron chi connectivity index (χ2n) is 7.34. The summed E-state index contributed by atoms with van der Waals surface area (Å²) in [5.74, 6) is -5.48. The van der Waals surface area contributed by atoms with E-state index in [2.05, 4.69) is 0 Å². The van der Waals surface area contributed by atoms with Crippen molar-refractivity contribution in [3.8, 4) is 0 Å². The van der Waals surface area contributed by atoms with Gasteiger partial charge in [0.05, 0.1) is 0 Å². The molecule has 0 aromatic rings. The average Bonchev–Trinajstić information content (AvgIpc) is 2.99. The summed E-state index contributed by atoms with van der Waals surface area (Å²) in [6.45, 7) is 11.0. The molecule has 73 heteroatoms. The number of hydrogen-bond donors (Lipinski definition) is 6. The van der Waals surface area contributed by atoms with E-state index in [0.29, 0.717) is 0 Å². The Kier molecular flexibility index (Phi) is 1810. The molecule has 0 saturated carbocycles. The van der Waals surface area contributed by atoms with Gasteiger partial charge in [0.25, 0.3) is 0 Å². The van der Waals surface area contributed by atoms with Crippen molar-refractivity contribution in [2.24, 2.45) is 0 Å². The molecule has 0 aliphatic rings. The van der Waals surface area contributed by atoms with E-state index in [4.69, 9.17) is 30.6 Å². The van der Waals surface area contributed by atoms with Gasteiger partial charge in [-0.15, -0.1) is 0 Å². The molecule has 0 aliphatic heterocycles. The molecule has 0 bridgehead atoms. The molecule has 0 aliphatic carbocycles. The summed E-state index contributed by atoms with van der Waals surface area (Å²) in [6, 6.07) is 0. The minimum absolute atomic E-state index is 0. The van der Waals surface area contributed by atoms with Crippen molar-refractivity contribution in [2.75, 3.05) is 0 Å². The summed E-state index contributed by atoms with van der Waals surface area (Å²) < 4.78 is 0. The summed E-state index contributed by atoms with van der Waals surface area (Å²) in [7, 11) is 0. The van der Waals surface area contributed by atoms with Crippen molar-refractivity contribution in [3.05, 3.63) is 146 Å². The first-order valence-corrected chi connectivity index (χ1v) is 13.8. The molecule has 0 heterocycles. The fourth-order valence-electron chi connectivity index (χ4n) is 1.49. The molecule has 0 atom stereocenters. The van der Waals surface area contributed by atoms with Crippen molar-refractivity contribution in [1.82, 2.24) is 0 Å². The van der Waals surface area contributed by atoms with Gasteiger partial charge in [0.1, 0.15) is 0 Å². The van der Waals surface area contributed by atoms with Gasteiger partial charge in [-0.2, -0.15) is 0 Å². The van der Waals surface area contributed by atoms with Gasteiger partial charge in [0.2, 0.25) is 0 Å². The molecule has 0 amide bonds. The standard InChI is InChI=1S/6C6H8O2.61K/c6*1-2-3-4-5-6(7)8;;;;;;;;;;;;;;;;;;;;;;;;;;;;;;;;;;;;;;;;;;;;;;;;;;;;;;;;;;;;;/h6*2-5H,1H3,(H,7,8);;;;;;;;;;;;;;;;;;;;;;;;;;;;;;;;;;;;;;;;;;;;;;;;;;;;;;;;;;;;;/q;;;;;;61*+1. The Morgan fingerprint density at radius 3 is 0.193 bits per heavy atom. The van der Waals surface area contributed by atoms with Crippen LogP contribution in [0.4, 0.5) is 0 Å². The Labute approximate surface area is 3270 Å². The normalized spacial score (nSPS) is 4.90. The first-order chi connectivity index (χ1) is 22.6. The summed E-state index contributed by atoms with van der Waals surface area (Å²) in [5, 5.41) is 48.1. The largest absolute Gasteiger partial charge is 1.00 e. The molecule has 0 unspecified atom stereocenters. The zero-order valence-electron chi connectivity index (χ0n) is 89.0. The third-order valence-corrected chi connectivity index (χ3v) is 3.25. The van der Waals surface area contributed by atoms with Gasteiger partial charge in [-0.25, -0.2) is 28.8 Å². The topological polar surface area (TPSA) is 224 Å². The molecule has 0 saturated heterocycles. The van der Waals surface area contributed by atoms with Crippen LogP contribution in [-0.2, 0) is 28.8 Å². The van der Waals surface area contributed by atoms with Crippen LogP contribution in [0.5, 0.6) is 0 Å². The maximum Gasteiger partial charge on any atom is 1.00 e. The minimum Gasteiger partial charge on any atom is -0.478 e. The van der Waals surface area contributed by atoms with Crippen LogP contribution in [0.15, 0.2) is 146 Å². The molecule has 264 valence electrons. The molecule has 0 aromatic carbocycles. The first-order valence-electron chi connectivity index (χ1n) is 13.8. The van der Waals surface area contributed by atoms with Crippen molar-refractivity contribution in [1.29, 1.82) is 0 Å². The smallest absolute Gasteiger partial charge is 0.478 e. The zero-order chi connectivity index (χ0) is 38.4. The average molecular weight is 3060 g/mol. The number of carboxylic acid groups (broad SMARTS) is 6. The van der Waals surface area contributed by atoms with Crippen LogP contribution in [0.1, 0.15) is 41.5 Å². The minimum atomic E-state index is -0.914. The summed E-state index contributed by atoms with van der Waals surface area (Å²) >= 11 is 0. The van der Waals surface area contributed by atoms with E-state index in [1.807, 2.05) is 41.5 Å². The fourth-order valence-corrected chi connectivity index (χ4v) is 1.49. The fraction of sp³-hybridized carbons (Fsp3) is 0.167. The van der Waals surface area contributed by atoms with E-state index < -0.39 is 35.8 Å². The van der Waals surface area contributed by atoms with Gasteiger partial charge in [-0.05, 0) is 41.5 Å². The third kappa shape index (κ3) is 526. The SMILES string of the molecule is CC=CC=CC(=O)O.CC=CC=CC(=O)O.CC=CC=CC(=O)O.CC=CC=CC(=O)O.CC=CC=CC(=O)O.CC=CC=CC(=O)O.[K+].[K+].[K+].[K+].[K+].[K+].[K+].[K+].[K+].[K+].[K+].[K+].[K+].[K+].[K+].[K+].[K+].[K+].[K+].[K+].[K+].[K+].[K+].[K+].[K+].[K+].[K+].[K+].[K+].[K+].[K+].[K+].[K+].[K+].[K+].[K+].[K+].[K+].[K+].[K+].[K+].[K+].[K+].[K+].[K+].[K+].[K+].[K+].[K+].[K+].[K+].[K+].[K+].[K+].[K+].[K+].[K+].[K+].[K+].[K+].[K+]. The number of hydrogen-bond acceptors (Lipinski definition) is 6. The maximum absolute atomic E-state index is 9.75. The van der Waals surface area contributed by atoms with Crippen LogP contribution in [0, 0.1) is 0 Å². The number of rotatable bonds is 12. The molecular formula is C36H48K61O12+61. The first kappa shape index (κ1) is 448. The van der Waals surface area contributed by atoms with E-state index in [1.165, 1.54) is 36.5 Å². The van der Waals surface area contributed by atoms with Gasteiger partial charge in [-0.1, -0.05) is 109 Å². The predicted octanol–water partition coefficient (Wildman–Crippen LogP) is -176. The van der Waals surface area contributed by atoms with Gasteiger partial charge in [0.15, 0.2) is 0 Å². The van der Waals surface area contributed by atoms with Crippen molar-refractivity contribution in [3.63, 3.8) is 0 Å². The molecule has 0 rings (SSSR count). The number of allylic oxidation sites excluding steroid dienone is 18. The van der Waals surface area contributed by atoms with E-state index in [9.17, 15) is 28.8 Å². The van der Waals surface area contributed by atoms with Crippen LogP contribution in [0.25, 0.3) is 0 Å². The molecule has 0 spiro atoms. The maximum atomic E-state index is 9.75. The summed E-state index contributed by atoms with van der Waals surface area (Å²) in [5.41, 5.74) is 0. The van der Waals surface area contributed by atoms with Crippen molar-refractivity contribution in [2.45, 2.75) is 41.5 Å². The van der Waals surface area contributed by atoms with Gasteiger partial charge in [0, 0.05) is 36.5 Å². The Morgan fingerprint density at radius 2 is 0.165 bits per heavy atom. The van der Waals surface area contributed by atoms with E-state index in [1.54, 1.807) is 72.9 Å². The van der Waals surface area contributed by atoms with E-state index in [0.717, 1.165) is 36.5 Å². The second kappa shape index (κ2) is 441. The van der Waals surface area contributed by atoms with Crippen LogP contribution in [-0.4, -0.2) is 66.5 Å². The molecule has 12 nitrogen and oxygen atoms in total. The Hall–Kier alpha value is 93.5. The Balaban J connectivity index is -0.00000000269. The summed E-state index contributed by atoms with van der Waals surface area (Å²) in [4.78, 5) is 58.5. The van der Waals surface area contributed by atoms with E-state index in [-0.39, 0.29) is 3130 Å². The van der Waals surface area contributed by atoms with Crippen LogP contribution in [0.3, 0.4) is 0 Å². The quantitative estimate of drug-likeness (QED) is 0.0610. The van der Waals surface area contributed by atoms with Gasteiger partial charge in [-0.3, -0.25) is 0 Å². The van der Waals surface area contributed by atoms with Gasteiger partial charge < -0.3 is 30.6 Å². The Morgan fingerprint density at radius 1 is 0.119 bits per heavy atom. The van der Waals surface area contributed by atoms with Crippen LogP contribution < -0.4 is 3130 Å². The van der Waals surface area contributed by atoms with Crippen LogP contribution >= 0.6 is 0 Å². The molecule has 0 radical (unpaired) electrons. The second-order valence-corrected chi connectivity index (χ2v) is 7.34. The van der Waals surface area contributed by atoms with Gasteiger partial charge >= 0.3 is 3170 Å². The molecular weight excluding hydrogens is 3010 g/mol. The van der Waals surface area contributed by atoms with E-state index >= 15 is 0 Å². The van der Waals surface area contributed by atoms with Crippen molar-refractivity contribution < 1.29 is 3190 Å². The number of carbonyl (C=O) groups is 6. The van der Waals surface area contributed by atoms with Crippen molar-refractivity contribution >= 4 is 35.8 Å². The molecule has 0 aromatic heterocycles. The summed E-state index contributed by atoms with van der Waals surface area (Å²) in [6.07, 6.45) is 35.9. The molecule has 0 fully saturated rings. The predicted molar refractivity (Wildman–Crippen MR) is 190 cm³/mol. The molecule has 109 heavy (non-hydrogen) atoms. The third-order valence-electron chi connectivity index (χ3n) is 3.25. The number of carboxylic acids is 6. The number of aliphatic carboxylic acids is 6. The van der Waals surface area contributed by atoms with Crippen LogP contribution in [0.2, 0.25) is 0 Å². The monoisotopic (exact) mass is 3050 g/mol. The zero-order valence-corrected chi connectivity index (χ0v) is 279. The Bertz CT molecular complexity index is 1090.